The Morgan fingerprint density at radius 1 is 1.57 bits per heavy atom. The zero-order chi connectivity index (χ0) is 10.1. The number of hydrogen-bond acceptors (Lipinski definition) is 4. The van der Waals surface area contributed by atoms with Crippen LogP contribution in [0.15, 0.2) is 6.20 Å². The summed E-state index contributed by atoms with van der Waals surface area (Å²) in [5.74, 6) is 0.813. The van der Waals surface area contributed by atoms with Crippen LogP contribution in [-0.2, 0) is 7.05 Å². The van der Waals surface area contributed by atoms with Gasteiger partial charge < -0.3 is 16.0 Å². The number of aryl methyl sites for hydroxylation is 1. The van der Waals surface area contributed by atoms with Crippen molar-refractivity contribution < 1.29 is 0 Å². The summed E-state index contributed by atoms with van der Waals surface area (Å²) in [6.45, 7) is 2.21. The smallest absolute Gasteiger partial charge is 0.171 e. The van der Waals surface area contributed by atoms with E-state index in [4.69, 9.17) is 5.73 Å². The third-order valence-electron chi connectivity index (χ3n) is 2.59. The van der Waals surface area contributed by atoms with Crippen molar-refractivity contribution in [3.8, 4) is 0 Å². The Hall–Kier alpha value is -1.23. The van der Waals surface area contributed by atoms with E-state index >= 15 is 0 Å². The number of nitrogens with one attached hydrogen (secondary N) is 1. The summed E-state index contributed by atoms with van der Waals surface area (Å²) in [4.78, 5) is 2.30. The van der Waals surface area contributed by atoms with E-state index in [0.717, 1.165) is 31.0 Å². The van der Waals surface area contributed by atoms with Crippen LogP contribution in [0.5, 0.6) is 0 Å². The molecule has 0 radical (unpaired) electrons. The summed E-state index contributed by atoms with van der Waals surface area (Å²) in [5, 5.41) is 7.62. The van der Waals surface area contributed by atoms with Crippen molar-refractivity contribution >= 4 is 11.5 Å². The van der Waals surface area contributed by atoms with Crippen LogP contribution in [0.25, 0.3) is 0 Å². The maximum atomic E-state index is 5.79. The molecule has 2 heterocycles. The highest BCUT2D eigenvalue weighted by molar-refractivity contribution is 5.60. The van der Waals surface area contributed by atoms with Crippen molar-refractivity contribution in [2.45, 2.75) is 12.5 Å². The van der Waals surface area contributed by atoms with E-state index in [1.165, 1.54) is 0 Å². The van der Waals surface area contributed by atoms with Crippen molar-refractivity contribution in [2.75, 3.05) is 31.2 Å². The normalized spacial score (nSPS) is 22.9. The van der Waals surface area contributed by atoms with Gasteiger partial charge in [0.15, 0.2) is 5.82 Å². The molecule has 0 spiro atoms. The highest BCUT2D eigenvalue weighted by atomic mass is 15.3. The van der Waals surface area contributed by atoms with Crippen LogP contribution in [-0.4, -0.2) is 40.9 Å². The quantitative estimate of drug-likeness (QED) is 0.703. The molecule has 14 heavy (non-hydrogen) atoms. The fourth-order valence-electron chi connectivity index (χ4n) is 1.87. The van der Waals surface area contributed by atoms with Gasteiger partial charge in [-0.15, -0.1) is 0 Å². The number of anilines is 2. The number of hydrogen-bond donors (Lipinski definition) is 2. The van der Waals surface area contributed by atoms with E-state index in [9.17, 15) is 0 Å². The van der Waals surface area contributed by atoms with Gasteiger partial charge in [-0.3, -0.25) is 4.68 Å². The van der Waals surface area contributed by atoms with Gasteiger partial charge in [0.1, 0.15) is 0 Å². The Labute approximate surface area is 83.9 Å². The first-order valence-electron chi connectivity index (χ1n) is 4.89. The monoisotopic (exact) mass is 195 g/mol. The van der Waals surface area contributed by atoms with Crippen molar-refractivity contribution in [3.63, 3.8) is 0 Å². The van der Waals surface area contributed by atoms with Crippen LogP contribution in [0.3, 0.4) is 0 Å². The first-order chi connectivity index (χ1) is 6.65. The van der Waals surface area contributed by atoms with Crippen LogP contribution in [0.4, 0.5) is 11.5 Å². The van der Waals surface area contributed by atoms with E-state index in [1.54, 1.807) is 4.68 Å². The highest BCUT2D eigenvalue weighted by Crippen LogP contribution is 2.18. The average molecular weight is 195 g/mol. The topological polar surface area (TPSA) is 59.1 Å². The van der Waals surface area contributed by atoms with Gasteiger partial charge in [0, 0.05) is 25.8 Å². The lowest BCUT2D eigenvalue weighted by Gasteiger charge is -2.12. The fraction of sp³-hybridized carbons (Fsp3) is 0.667. The lowest BCUT2D eigenvalue weighted by Crippen LogP contribution is -2.24. The molecule has 1 aliphatic rings. The summed E-state index contributed by atoms with van der Waals surface area (Å²) in [7, 11) is 4.01. The predicted octanol–water partition coefficient (Wildman–Crippen LogP) is 0.118. The molecule has 0 amide bonds. The molecule has 2 rings (SSSR count). The van der Waals surface area contributed by atoms with E-state index in [0.29, 0.717) is 6.04 Å². The van der Waals surface area contributed by atoms with Gasteiger partial charge in [-0.2, -0.15) is 5.10 Å². The highest BCUT2D eigenvalue weighted by Gasteiger charge is 2.20. The maximum Gasteiger partial charge on any atom is 0.171 e. The molecule has 1 atom stereocenters. The van der Waals surface area contributed by atoms with Crippen molar-refractivity contribution in [3.05, 3.63) is 6.20 Å². The summed E-state index contributed by atoms with van der Waals surface area (Å²) in [6, 6.07) is 0.484. The number of likely N-dealkylation sites (N-methyl/N-ethyl adjacent to an activating group) is 1. The zero-order valence-corrected chi connectivity index (χ0v) is 8.70. The first-order valence-corrected chi connectivity index (χ1v) is 4.89. The molecule has 0 saturated carbocycles. The average Bonchev–Trinajstić information content (AvgIpc) is 2.61. The number of nitrogens with two attached hydrogens (primary N) is 1. The first kappa shape index (κ1) is 9.33. The molecule has 5 heteroatoms. The predicted molar refractivity (Wildman–Crippen MR) is 57.1 cm³/mol. The van der Waals surface area contributed by atoms with Crippen molar-refractivity contribution in [1.82, 2.24) is 14.7 Å². The standard InChI is InChI=1S/C9H17N5/c1-13-4-3-7(5-13)11-9-8(10)6-14(2)12-9/h6-7H,3-5,10H2,1-2H3,(H,11,12). The van der Waals surface area contributed by atoms with Gasteiger partial charge in [0.25, 0.3) is 0 Å². The van der Waals surface area contributed by atoms with Crippen LogP contribution in [0, 0.1) is 0 Å². The van der Waals surface area contributed by atoms with E-state index < -0.39 is 0 Å². The fourth-order valence-corrected chi connectivity index (χ4v) is 1.87. The molecule has 0 aliphatic carbocycles. The number of rotatable bonds is 2. The summed E-state index contributed by atoms with van der Waals surface area (Å²) < 4.78 is 1.73. The van der Waals surface area contributed by atoms with Crippen LogP contribution in [0.1, 0.15) is 6.42 Å². The van der Waals surface area contributed by atoms with Crippen molar-refractivity contribution in [1.29, 1.82) is 0 Å². The lowest BCUT2D eigenvalue weighted by molar-refractivity contribution is 0.414. The van der Waals surface area contributed by atoms with Gasteiger partial charge in [-0.25, -0.2) is 0 Å². The van der Waals surface area contributed by atoms with Gasteiger partial charge in [-0.05, 0) is 20.0 Å². The Kier molecular flexibility index (Phi) is 2.33. The molecule has 1 fully saturated rings. The Morgan fingerprint density at radius 3 is 2.86 bits per heavy atom. The van der Waals surface area contributed by atoms with E-state index in [-0.39, 0.29) is 0 Å². The van der Waals surface area contributed by atoms with Crippen LogP contribution >= 0.6 is 0 Å². The minimum atomic E-state index is 0.484. The molecule has 1 aromatic heterocycles. The molecule has 78 valence electrons. The Balaban J connectivity index is 2.00. The minimum absolute atomic E-state index is 0.484. The minimum Gasteiger partial charge on any atom is -0.394 e. The lowest BCUT2D eigenvalue weighted by atomic mass is 10.2. The summed E-state index contributed by atoms with van der Waals surface area (Å²) in [6.07, 6.45) is 2.98. The molecule has 5 nitrogen and oxygen atoms in total. The van der Waals surface area contributed by atoms with Gasteiger partial charge >= 0.3 is 0 Å². The van der Waals surface area contributed by atoms with Crippen LogP contribution in [0.2, 0.25) is 0 Å². The number of likely N-dealkylation sites (tertiary alicyclic amines) is 1. The number of nitrogen functional groups attached to an aromatic ring is 1. The summed E-state index contributed by atoms with van der Waals surface area (Å²) in [5.41, 5.74) is 6.52. The maximum absolute atomic E-state index is 5.79. The molecular weight excluding hydrogens is 178 g/mol. The molecular formula is C9H17N5. The third-order valence-corrected chi connectivity index (χ3v) is 2.59. The van der Waals surface area contributed by atoms with Gasteiger partial charge in [0.05, 0.1) is 5.69 Å². The van der Waals surface area contributed by atoms with Gasteiger partial charge in [-0.1, -0.05) is 0 Å². The second kappa shape index (κ2) is 3.49. The Bertz CT molecular complexity index is 319. The second-order valence-corrected chi connectivity index (χ2v) is 4.00. The van der Waals surface area contributed by atoms with Gasteiger partial charge in [0.2, 0.25) is 0 Å². The number of nitrogens with zero attached hydrogens (tertiary/aromatic N) is 3. The summed E-state index contributed by atoms with van der Waals surface area (Å²) >= 11 is 0. The SMILES string of the molecule is CN1CCC(Nc2nn(C)cc2N)C1. The molecule has 1 unspecified atom stereocenters. The van der Waals surface area contributed by atoms with Crippen LogP contribution < -0.4 is 11.1 Å². The second-order valence-electron chi connectivity index (χ2n) is 4.00. The zero-order valence-electron chi connectivity index (χ0n) is 8.70. The Morgan fingerprint density at radius 2 is 2.36 bits per heavy atom. The molecule has 0 bridgehead atoms. The molecule has 1 aliphatic heterocycles. The molecule has 1 saturated heterocycles. The molecule has 1 aromatic rings. The van der Waals surface area contributed by atoms with E-state index in [1.807, 2.05) is 13.2 Å². The third kappa shape index (κ3) is 1.82. The van der Waals surface area contributed by atoms with E-state index in [2.05, 4.69) is 22.4 Å². The largest absolute Gasteiger partial charge is 0.394 e. The number of aromatic nitrogens is 2. The molecule has 0 aromatic carbocycles. The molecule has 3 N–H and O–H groups in total. The van der Waals surface area contributed by atoms with Crippen molar-refractivity contribution in [2.24, 2.45) is 7.05 Å².